The lowest BCUT2D eigenvalue weighted by Gasteiger charge is -2.17. The Labute approximate surface area is 92.9 Å². The van der Waals surface area contributed by atoms with E-state index in [4.69, 9.17) is 0 Å². The number of H-pyrrole nitrogens is 1. The first-order valence-corrected chi connectivity index (χ1v) is 6.30. The van der Waals surface area contributed by atoms with Gasteiger partial charge in [-0.1, -0.05) is 0 Å². The Kier molecular flexibility index (Phi) is 2.92. The summed E-state index contributed by atoms with van der Waals surface area (Å²) in [6, 6.07) is 0. The van der Waals surface area contributed by atoms with Crippen molar-refractivity contribution in [1.29, 1.82) is 0 Å². The Balaban J connectivity index is 2.26. The van der Waals surface area contributed by atoms with E-state index in [1.54, 1.807) is 0 Å². The zero-order valence-corrected chi connectivity index (χ0v) is 9.33. The Morgan fingerprint density at radius 2 is 2.25 bits per heavy atom. The molecule has 0 radical (unpaired) electrons. The Morgan fingerprint density at radius 1 is 1.44 bits per heavy atom. The van der Waals surface area contributed by atoms with Gasteiger partial charge in [0.15, 0.2) is 0 Å². The molecule has 0 unspecified atom stereocenters. The van der Waals surface area contributed by atoms with Crippen molar-refractivity contribution in [2.75, 3.05) is 19.6 Å². The van der Waals surface area contributed by atoms with Crippen LogP contribution in [0.15, 0.2) is 17.3 Å². The van der Waals surface area contributed by atoms with Gasteiger partial charge in [0.05, 0.1) is 12.7 Å². The summed E-state index contributed by atoms with van der Waals surface area (Å²) in [5.74, 6) is -0.274. The molecular weight excluding hydrogens is 232 g/mol. The average Bonchev–Trinajstić information content (AvgIpc) is 2.68. The molecule has 0 aliphatic carbocycles. The standard InChI is InChI=1S/C8H12N4O3S/c13-8-6-12(3-1-2-9-8)16(14,15)7-4-10-11-5-7/h4-5H,1-3,6H2,(H,9,13)(H,10,11). The summed E-state index contributed by atoms with van der Waals surface area (Å²) in [5, 5.41) is 8.66. The molecular formula is C8H12N4O3S. The third-order valence-corrected chi connectivity index (χ3v) is 4.15. The van der Waals surface area contributed by atoms with Crippen molar-refractivity contribution in [3.8, 4) is 0 Å². The number of hydrogen-bond acceptors (Lipinski definition) is 4. The molecule has 0 aromatic carbocycles. The number of aromatic amines is 1. The molecule has 1 aromatic rings. The molecule has 1 fully saturated rings. The van der Waals surface area contributed by atoms with Crippen molar-refractivity contribution in [1.82, 2.24) is 19.8 Å². The zero-order valence-electron chi connectivity index (χ0n) is 8.51. The summed E-state index contributed by atoms with van der Waals surface area (Å²) in [6.07, 6.45) is 3.15. The smallest absolute Gasteiger partial charge is 0.246 e. The number of amides is 1. The average molecular weight is 244 g/mol. The fourth-order valence-electron chi connectivity index (χ4n) is 1.51. The summed E-state index contributed by atoms with van der Waals surface area (Å²) in [4.78, 5) is 11.4. The normalized spacial score (nSPS) is 19.1. The maximum absolute atomic E-state index is 12.0. The second-order valence-electron chi connectivity index (χ2n) is 3.48. The second kappa shape index (κ2) is 4.22. The molecule has 0 saturated carbocycles. The number of hydrogen-bond donors (Lipinski definition) is 2. The fourth-order valence-corrected chi connectivity index (χ4v) is 2.86. The molecule has 0 bridgehead atoms. The van der Waals surface area contributed by atoms with Crippen molar-refractivity contribution in [2.24, 2.45) is 0 Å². The molecule has 0 spiro atoms. The van der Waals surface area contributed by atoms with E-state index in [1.807, 2.05) is 0 Å². The summed E-state index contributed by atoms with van der Waals surface area (Å²) < 4.78 is 25.2. The Bertz CT molecular complexity index is 467. The zero-order chi connectivity index (χ0) is 11.6. The molecule has 2 rings (SSSR count). The van der Waals surface area contributed by atoms with Crippen molar-refractivity contribution >= 4 is 15.9 Å². The largest absolute Gasteiger partial charge is 0.355 e. The van der Waals surface area contributed by atoms with Gasteiger partial charge in [0.1, 0.15) is 4.90 Å². The lowest BCUT2D eigenvalue weighted by Crippen LogP contribution is -2.37. The van der Waals surface area contributed by atoms with Crippen LogP contribution >= 0.6 is 0 Å². The third kappa shape index (κ3) is 2.07. The minimum absolute atomic E-state index is 0.0854. The van der Waals surface area contributed by atoms with E-state index in [0.717, 1.165) is 0 Å². The topological polar surface area (TPSA) is 95.2 Å². The van der Waals surface area contributed by atoms with Crippen LogP contribution in [0.3, 0.4) is 0 Å². The second-order valence-corrected chi connectivity index (χ2v) is 5.41. The van der Waals surface area contributed by atoms with Gasteiger partial charge in [-0.15, -0.1) is 0 Å². The first-order chi connectivity index (χ1) is 7.60. The first kappa shape index (κ1) is 11.1. The van der Waals surface area contributed by atoms with Crippen molar-refractivity contribution in [2.45, 2.75) is 11.3 Å². The maximum Gasteiger partial charge on any atom is 0.246 e. The van der Waals surface area contributed by atoms with Gasteiger partial charge in [0.25, 0.3) is 0 Å². The van der Waals surface area contributed by atoms with Crippen molar-refractivity contribution < 1.29 is 13.2 Å². The fraction of sp³-hybridized carbons (Fsp3) is 0.500. The number of carbonyl (C=O) groups excluding carboxylic acids is 1. The van der Waals surface area contributed by atoms with E-state index < -0.39 is 10.0 Å². The molecule has 16 heavy (non-hydrogen) atoms. The number of aromatic nitrogens is 2. The number of sulfonamides is 1. The minimum atomic E-state index is -3.60. The number of nitrogens with one attached hydrogen (secondary N) is 2. The van der Waals surface area contributed by atoms with Gasteiger partial charge in [0.2, 0.25) is 15.9 Å². The highest BCUT2D eigenvalue weighted by atomic mass is 32.2. The molecule has 88 valence electrons. The Morgan fingerprint density at radius 3 is 2.94 bits per heavy atom. The predicted molar refractivity (Wildman–Crippen MR) is 55.0 cm³/mol. The van der Waals surface area contributed by atoms with Gasteiger partial charge in [-0.3, -0.25) is 9.89 Å². The van der Waals surface area contributed by atoms with Crippen LogP contribution in [0.4, 0.5) is 0 Å². The molecule has 1 amide bonds. The summed E-state index contributed by atoms with van der Waals surface area (Å²) in [5.41, 5.74) is 0. The summed E-state index contributed by atoms with van der Waals surface area (Å²) >= 11 is 0. The van der Waals surface area contributed by atoms with Gasteiger partial charge in [-0.05, 0) is 6.42 Å². The van der Waals surface area contributed by atoms with E-state index in [1.165, 1.54) is 16.7 Å². The number of nitrogens with zero attached hydrogens (tertiary/aromatic N) is 2. The molecule has 0 atom stereocenters. The lowest BCUT2D eigenvalue weighted by molar-refractivity contribution is -0.120. The van der Waals surface area contributed by atoms with E-state index in [2.05, 4.69) is 15.5 Å². The molecule has 1 saturated heterocycles. The summed E-state index contributed by atoms with van der Waals surface area (Å²) in [7, 11) is -3.60. The molecule has 8 heteroatoms. The van der Waals surface area contributed by atoms with Crippen molar-refractivity contribution in [3.05, 3.63) is 12.4 Å². The van der Waals surface area contributed by atoms with Crippen LogP contribution in [0.1, 0.15) is 6.42 Å². The molecule has 2 heterocycles. The Hall–Kier alpha value is -1.41. The molecule has 1 aromatic heterocycles. The third-order valence-electron chi connectivity index (χ3n) is 2.34. The monoisotopic (exact) mass is 244 g/mol. The van der Waals surface area contributed by atoms with Crippen LogP contribution in [-0.2, 0) is 14.8 Å². The predicted octanol–water partition coefficient (Wildman–Crippen LogP) is -1.08. The molecule has 1 aliphatic rings. The first-order valence-electron chi connectivity index (χ1n) is 4.86. The lowest BCUT2D eigenvalue weighted by atomic mass is 10.4. The van der Waals surface area contributed by atoms with Crippen molar-refractivity contribution in [3.63, 3.8) is 0 Å². The number of rotatable bonds is 2. The van der Waals surface area contributed by atoms with Gasteiger partial charge < -0.3 is 5.32 Å². The quantitative estimate of drug-likeness (QED) is 0.691. The van der Waals surface area contributed by atoms with Crippen LogP contribution in [0.25, 0.3) is 0 Å². The van der Waals surface area contributed by atoms with E-state index in [9.17, 15) is 13.2 Å². The van der Waals surface area contributed by atoms with Crippen LogP contribution in [0.5, 0.6) is 0 Å². The highest BCUT2D eigenvalue weighted by molar-refractivity contribution is 7.89. The van der Waals surface area contributed by atoms with Gasteiger partial charge in [-0.2, -0.15) is 9.40 Å². The van der Waals surface area contributed by atoms with E-state index >= 15 is 0 Å². The van der Waals surface area contributed by atoms with Gasteiger partial charge in [0, 0.05) is 19.3 Å². The van der Waals surface area contributed by atoms with Gasteiger partial charge >= 0.3 is 0 Å². The summed E-state index contributed by atoms with van der Waals surface area (Å²) in [6.45, 7) is 0.718. The van der Waals surface area contributed by atoms with Gasteiger partial charge in [-0.25, -0.2) is 8.42 Å². The molecule has 2 N–H and O–H groups in total. The highest BCUT2D eigenvalue weighted by Crippen LogP contribution is 2.14. The highest BCUT2D eigenvalue weighted by Gasteiger charge is 2.28. The van der Waals surface area contributed by atoms with Crippen LogP contribution in [-0.4, -0.2) is 48.5 Å². The van der Waals surface area contributed by atoms with E-state index in [0.29, 0.717) is 19.5 Å². The minimum Gasteiger partial charge on any atom is -0.355 e. The van der Waals surface area contributed by atoms with E-state index in [-0.39, 0.29) is 17.3 Å². The molecule has 1 aliphatic heterocycles. The molecule has 7 nitrogen and oxygen atoms in total. The van der Waals surface area contributed by atoms with Crippen LogP contribution in [0, 0.1) is 0 Å². The van der Waals surface area contributed by atoms with Crippen LogP contribution < -0.4 is 5.32 Å². The van der Waals surface area contributed by atoms with Crippen LogP contribution in [0.2, 0.25) is 0 Å². The number of carbonyl (C=O) groups is 1. The maximum atomic E-state index is 12.0. The SMILES string of the molecule is O=C1CN(S(=O)(=O)c2cn[nH]c2)CCCN1.